The van der Waals surface area contributed by atoms with Gasteiger partial charge in [-0.15, -0.1) is 0 Å². The smallest absolute Gasteiger partial charge is 0.0969 e. The summed E-state index contributed by atoms with van der Waals surface area (Å²) < 4.78 is 0. The Morgan fingerprint density at radius 2 is 2.27 bits per heavy atom. The van der Waals surface area contributed by atoms with Gasteiger partial charge >= 0.3 is 0 Å². The quantitative estimate of drug-likeness (QED) is 0.658. The summed E-state index contributed by atoms with van der Waals surface area (Å²) in [7, 11) is 0. The molecule has 11 heavy (non-hydrogen) atoms. The van der Waals surface area contributed by atoms with Crippen LogP contribution in [-0.4, -0.2) is 18.9 Å². The van der Waals surface area contributed by atoms with Crippen LogP contribution in [0.15, 0.2) is 4.99 Å². The normalized spacial score (nSPS) is 17.9. The molecule has 0 saturated heterocycles. The number of amidine groups is 1. The highest BCUT2D eigenvalue weighted by Crippen LogP contribution is 2.24. The van der Waals surface area contributed by atoms with Gasteiger partial charge in [-0.2, -0.15) is 0 Å². The van der Waals surface area contributed by atoms with E-state index in [0.29, 0.717) is 5.41 Å². The lowest BCUT2D eigenvalue weighted by Crippen LogP contribution is -2.25. The standard InChI is InChI=1S/C9H18N2/c1-4-9(2,3)7-8-10-5-6-11-8/h4-7H2,1-3H3,(H,10,11). The number of nitrogens with zero attached hydrogens (tertiary/aromatic N) is 1. The van der Waals surface area contributed by atoms with Crippen LogP contribution >= 0.6 is 0 Å². The highest BCUT2D eigenvalue weighted by atomic mass is 15.1. The Labute approximate surface area is 69.1 Å². The average Bonchev–Trinajstić information content (AvgIpc) is 2.39. The molecule has 1 rings (SSSR count). The van der Waals surface area contributed by atoms with Crippen LogP contribution in [0, 0.1) is 5.41 Å². The van der Waals surface area contributed by atoms with E-state index in [-0.39, 0.29) is 0 Å². The van der Waals surface area contributed by atoms with Crippen molar-refractivity contribution in [3.63, 3.8) is 0 Å². The molecule has 0 fully saturated rings. The van der Waals surface area contributed by atoms with Gasteiger partial charge in [0.1, 0.15) is 0 Å². The summed E-state index contributed by atoms with van der Waals surface area (Å²) in [5.74, 6) is 1.21. The maximum atomic E-state index is 4.37. The van der Waals surface area contributed by atoms with Crippen LogP contribution in [-0.2, 0) is 0 Å². The van der Waals surface area contributed by atoms with Crippen LogP contribution in [0.5, 0.6) is 0 Å². The van der Waals surface area contributed by atoms with Gasteiger partial charge in [-0.05, 0) is 5.41 Å². The van der Waals surface area contributed by atoms with Crippen LogP contribution in [0.4, 0.5) is 0 Å². The van der Waals surface area contributed by atoms with Crippen molar-refractivity contribution in [1.29, 1.82) is 0 Å². The molecule has 1 heterocycles. The second kappa shape index (κ2) is 3.24. The monoisotopic (exact) mass is 154 g/mol. The van der Waals surface area contributed by atoms with E-state index in [0.717, 1.165) is 19.5 Å². The Kier molecular flexibility index (Phi) is 2.53. The zero-order valence-corrected chi connectivity index (χ0v) is 7.78. The third-order valence-corrected chi connectivity index (χ3v) is 2.35. The maximum Gasteiger partial charge on any atom is 0.0969 e. The van der Waals surface area contributed by atoms with E-state index in [1.54, 1.807) is 0 Å². The van der Waals surface area contributed by atoms with Crippen molar-refractivity contribution >= 4 is 5.84 Å². The number of aliphatic imine (C=N–C) groups is 1. The molecule has 0 aromatic rings. The fourth-order valence-corrected chi connectivity index (χ4v) is 1.14. The van der Waals surface area contributed by atoms with Crippen LogP contribution in [0.25, 0.3) is 0 Å². The summed E-state index contributed by atoms with van der Waals surface area (Å²) in [5, 5.41) is 3.30. The SMILES string of the molecule is CCC(C)(C)CC1=NCCN1. The minimum Gasteiger partial charge on any atom is -0.372 e. The van der Waals surface area contributed by atoms with E-state index in [9.17, 15) is 0 Å². The molecule has 0 atom stereocenters. The second-order valence-electron chi connectivity index (χ2n) is 3.95. The Morgan fingerprint density at radius 1 is 1.55 bits per heavy atom. The molecule has 0 bridgehead atoms. The molecule has 0 aliphatic carbocycles. The van der Waals surface area contributed by atoms with Crippen molar-refractivity contribution in [2.45, 2.75) is 33.6 Å². The summed E-state index contributed by atoms with van der Waals surface area (Å²) in [6.07, 6.45) is 2.32. The fourth-order valence-electron chi connectivity index (χ4n) is 1.14. The van der Waals surface area contributed by atoms with Gasteiger partial charge in [0.25, 0.3) is 0 Å². The summed E-state index contributed by atoms with van der Waals surface area (Å²) in [6, 6.07) is 0. The van der Waals surface area contributed by atoms with E-state index in [1.165, 1.54) is 12.3 Å². The molecular formula is C9H18N2. The molecule has 1 aliphatic heterocycles. The summed E-state index contributed by atoms with van der Waals surface area (Å²) in [4.78, 5) is 4.37. The van der Waals surface area contributed by atoms with Crippen LogP contribution in [0.3, 0.4) is 0 Å². The first kappa shape index (κ1) is 8.57. The third kappa shape index (κ3) is 2.52. The number of rotatable bonds is 3. The van der Waals surface area contributed by atoms with Gasteiger partial charge in [0, 0.05) is 13.0 Å². The molecule has 0 aromatic carbocycles. The zero-order valence-electron chi connectivity index (χ0n) is 7.78. The highest BCUT2D eigenvalue weighted by molar-refractivity contribution is 5.84. The maximum absolute atomic E-state index is 4.37. The molecule has 0 spiro atoms. The first-order valence-electron chi connectivity index (χ1n) is 4.41. The van der Waals surface area contributed by atoms with Crippen molar-refractivity contribution in [2.24, 2.45) is 10.4 Å². The molecule has 0 radical (unpaired) electrons. The Balaban J connectivity index is 2.40. The van der Waals surface area contributed by atoms with Crippen LogP contribution in [0.1, 0.15) is 33.6 Å². The highest BCUT2D eigenvalue weighted by Gasteiger charge is 2.19. The summed E-state index contributed by atoms with van der Waals surface area (Å²) in [6.45, 7) is 8.81. The Morgan fingerprint density at radius 3 is 2.73 bits per heavy atom. The van der Waals surface area contributed by atoms with Crippen molar-refractivity contribution < 1.29 is 0 Å². The van der Waals surface area contributed by atoms with Gasteiger partial charge in [0.05, 0.1) is 12.4 Å². The average molecular weight is 154 g/mol. The van der Waals surface area contributed by atoms with Gasteiger partial charge in [0.15, 0.2) is 0 Å². The van der Waals surface area contributed by atoms with Crippen molar-refractivity contribution in [1.82, 2.24) is 5.32 Å². The van der Waals surface area contributed by atoms with Gasteiger partial charge in [-0.3, -0.25) is 4.99 Å². The fraction of sp³-hybridized carbons (Fsp3) is 0.889. The lowest BCUT2D eigenvalue weighted by atomic mass is 9.86. The minimum absolute atomic E-state index is 0.413. The van der Waals surface area contributed by atoms with E-state index in [4.69, 9.17) is 0 Å². The van der Waals surface area contributed by atoms with E-state index in [1.807, 2.05) is 0 Å². The third-order valence-electron chi connectivity index (χ3n) is 2.35. The zero-order chi connectivity index (χ0) is 8.32. The predicted molar refractivity (Wildman–Crippen MR) is 49.0 cm³/mol. The lowest BCUT2D eigenvalue weighted by Gasteiger charge is -2.22. The summed E-state index contributed by atoms with van der Waals surface area (Å²) >= 11 is 0. The number of nitrogens with one attached hydrogen (secondary N) is 1. The van der Waals surface area contributed by atoms with E-state index >= 15 is 0 Å². The Bertz CT molecular complexity index is 159. The predicted octanol–water partition coefficient (Wildman–Crippen LogP) is 1.81. The molecule has 2 heteroatoms. The van der Waals surface area contributed by atoms with Crippen molar-refractivity contribution in [3.8, 4) is 0 Å². The molecule has 1 aliphatic rings. The molecule has 2 nitrogen and oxygen atoms in total. The van der Waals surface area contributed by atoms with Crippen LogP contribution in [0.2, 0.25) is 0 Å². The largest absolute Gasteiger partial charge is 0.372 e. The van der Waals surface area contributed by atoms with Gasteiger partial charge in [0.2, 0.25) is 0 Å². The number of hydrogen-bond donors (Lipinski definition) is 1. The van der Waals surface area contributed by atoms with Crippen molar-refractivity contribution in [2.75, 3.05) is 13.1 Å². The molecule has 0 aromatic heterocycles. The Hall–Kier alpha value is -0.530. The molecular weight excluding hydrogens is 136 g/mol. The topological polar surface area (TPSA) is 24.4 Å². The number of hydrogen-bond acceptors (Lipinski definition) is 2. The van der Waals surface area contributed by atoms with Gasteiger partial charge in [-0.1, -0.05) is 27.2 Å². The van der Waals surface area contributed by atoms with Gasteiger partial charge in [-0.25, -0.2) is 0 Å². The minimum atomic E-state index is 0.413. The van der Waals surface area contributed by atoms with Gasteiger partial charge < -0.3 is 5.32 Å². The van der Waals surface area contributed by atoms with E-state index in [2.05, 4.69) is 31.1 Å². The molecule has 0 amide bonds. The first-order valence-corrected chi connectivity index (χ1v) is 4.41. The van der Waals surface area contributed by atoms with Crippen molar-refractivity contribution in [3.05, 3.63) is 0 Å². The lowest BCUT2D eigenvalue weighted by molar-refractivity contribution is 0.365. The molecule has 64 valence electrons. The first-order chi connectivity index (χ1) is 5.14. The molecule has 0 unspecified atom stereocenters. The van der Waals surface area contributed by atoms with E-state index < -0.39 is 0 Å². The molecule has 0 saturated carbocycles. The molecule has 1 N–H and O–H groups in total. The van der Waals surface area contributed by atoms with Crippen LogP contribution < -0.4 is 5.32 Å². The second-order valence-corrected chi connectivity index (χ2v) is 3.95. The summed E-state index contributed by atoms with van der Waals surface area (Å²) in [5.41, 5.74) is 0.413.